The number of ether oxygens (including phenoxy) is 1. The number of aromatic nitrogens is 3. The van der Waals surface area contributed by atoms with Crippen molar-refractivity contribution in [3.05, 3.63) is 70.6 Å². The van der Waals surface area contributed by atoms with Gasteiger partial charge in [-0.15, -0.1) is 0 Å². The molecular formula is C22H21BrN3O2+. The smallest absolute Gasteiger partial charge is 0.267 e. The third-order valence-electron chi connectivity index (χ3n) is 5.50. The molecule has 2 aromatic heterocycles. The Morgan fingerprint density at radius 2 is 1.96 bits per heavy atom. The Morgan fingerprint density at radius 1 is 1.14 bits per heavy atom. The van der Waals surface area contributed by atoms with Crippen molar-refractivity contribution in [3.8, 4) is 0 Å². The van der Waals surface area contributed by atoms with Crippen LogP contribution < -0.4 is 4.73 Å². The van der Waals surface area contributed by atoms with Crippen molar-refractivity contribution < 1.29 is 14.7 Å². The van der Waals surface area contributed by atoms with Crippen molar-refractivity contribution >= 4 is 37.9 Å². The van der Waals surface area contributed by atoms with Gasteiger partial charge in [0.05, 0.1) is 17.5 Å². The molecule has 0 amide bonds. The van der Waals surface area contributed by atoms with Crippen LogP contribution in [0.3, 0.4) is 0 Å². The SMILES string of the molecule is O[n+]1cc2nc(COCc3ccccc3)n(C3CCC3)c2c2ccc(Br)cc21. The fourth-order valence-electron chi connectivity index (χ4n) is 3.91. The van der Waals surface area contributed by atoms with Gasteiger partial charge < -0.3 is 9.30 Å². The Labute approximate surface area is 171 Å². The molecule has 1 aliphatic carbocycles. The Kier molecular flexibility index (Phi) is 4.53. The van der Waals surface area contributed by atoms with Crippen LogP contribution in [0, 0.1) is 0 Å². The summed E-state index contributed by atoms with van der Waals surface area (Å²) in [5, 5.41) is 11.4. The second-order valence-electron chi connectivity index (χ2n) is 7.33. The molecule has 2 heterocycles. The minimum atomic E-state index is 0.446. The third-order valence-corrected chi connectivity index (χ3v) is 5.99. The van der Waals surface area contributed by atoms with E-state index in [-0.39, 0.29) is 0 Å². The molecule has 142 valence electrons. The van der Waals surface area contributed by atoms with Gasteiger partial charge in [-0.25, -0.2) is 4.98 Å². The van der Waals surface area contributed by atoms with Crippen LogP contribution in [0.5, 0.6) is 0 Å². The molecule has 28 heavy (non-hydrogen) atoms. The second-order valence-corrected chi connectivity index (χ2v) is 8.25. The molecule has 0 spiro atoms. The maximum atomic E-state index is 10.4. The maximum Gasteiger partial charge on any atom is 0.267 e. The number of halogens is 1. The number of fused-ring (bicyclic) bond motifs is 3. The molecule has 1 saturated carbocycles. The number of nitrogens with zero attached hydrogens (tertiary/aromatic N) is 3. The van der Waals surface area contributed by atoms with Crippen LogP contribution in [-0.2, 0) is 18.0 Å². The lowest BCUT2D eigenvalue weighted by Gasteiger charge is -2.29. The maximum absolute atomic E-state index is 10.4. The number of benzene rings is 2. The molecule has 1 aliphatic rings. The highest BCUT2D eigenvalue weighted by Gasteiger charge is 2.28. The summed E-state index contributed by atoms with van der Waals surface area (Å²) in [6, 6.07) is 16.6. The first kappa shape index (κ1) is 17.6. The first-order chi connectivity index (χ1) is 13.7. The molecule has 4 aromatic rings. The average Bonchev–Trinajstić information content (AvgIpc) is 2.99. The summed E-state index contributed by atoms with van der Waals surface area (Å²) >= 11 is 3.50. The van der Waals surface area contributed by atoms with Crippen LogP contribution in [0.1, 0.15) is 36.7 Å². The molecule has 6 heteroatoms. The van der Waals surface area contributed by atoms with Gasteiger partial charge in [-0.2, -0.15) is 0 Å². The highest BCUT2D eigenvalue weighted by atomic mass is 79.9. The molecule has 1 N–H and O–H groups in total. The van der Waals surface area contributed by atoms with Gasteiger partial charge >= 0.3 is 0 Å². The third kappa shape index (κ3) is 3.06. The summed E-state index contributed by atoms with van der Waals surface area (Å²) in [5.74, 6) is 0.922. The van der Waals surface area contributed by atoms with Gasteiger partial charge in [-0.05, 0) is 37.0 Å². The van der Waals surface area contributed by atoms with E-state index in [1.165, 1.54) is 6.42 Å². The van der Waals surface area contributed by atoms with E-state index < -0.39 is 0 Å². The number of imidazole rings is 1. The Balaban J connectivity index is 1.57. The summed E-state index contributed by atoms with van der Waals surface area (Å²) in [4.78, 5) is 4.83. The predicted molar refractivity (Wildman–Crippen MR) is 110 cm³/mol. The highest BCUT2D eigenvalue weighted by molar-refractivity contribution is 9.10. The van der Waals surface area contributed by atoms with Gasteiger partial charge in [0.15, 0.2) is 5.52 Å². The van der Waals surface area contributed by atoms with Gasteiger partial charge in [-0.3, -0.25) is 5.21 Å². The summed E-state index contributed by atoms with van der Waals surface area (Å²) in [7, 11) is 0. The van der Waals surface area contributed by atoms with Crippen LogP contribution in [0.4, 0.5) is 0 Å². The Hall–Kier alpha value is -2.44. The van der Waals surface area contributed by atoms with E-state index >= 15 is 0 Å². The molecular weight excluding hydrogens is 418 g/mol. The second kappa shape index (κ2) is 7.18. The Morgan fingerprint density at radius 3 is 2.71 bits per heavy atom. The zero-order valence-electron chi connectivity index (χ0n) is 15.4. The van der Waals surface area contributed by atoms with Crippen molar-refractivity contribution in [2.45, 2.75) is 38.5 Å². The molecule has 0 radical (unpaired) electrons. The molecule has 5 rings (SSSR count). The van der Waals surface area contributed by atoms with Gasteiger partial charge in [0.2, 0.25) is 0 Å². The number of hydrogen-bond acceptors (Lipinski definition) is 3. The fourth-order valence-corrected chi connectivity index (χ4v) is 4.26. The van der Waals surface area contributed by atoms with E-state index in [9.17, 15) is 5.21 Å². The summed E-state index contributed by atoms with van der Waals surface area (Å²) in [5.41, 5.74) is 3.79. The lowest BCUT2D eigenvalue weighted by Crippen LogP contribution is -2.30. The lowest BCUT2D eigenvalue weighted by molar-refractivity contribution is -0.883. The predicted octanol–water partition coefficient (Wildman–Crippen LogP) is 4.92. The molecule has 0 bridgehead atoms. The number of hydrogen-bond donors (Lipinski definition) is 1. The fraction of sp³-hybridized carbons (Fsp3) is 0.273. The zero-order chi connectivity index (χ0) is 19.1. The monoisotopic (exact) mass is 438 g/mol. The van der Waals surface area contributed by atoms with E-state index in [1.54, 1.807) is 6.20 Å². The summed E-state index contributed by atoms with van der Waals surface area (Å²) < 4.78 is 10.4. The molecule has 5 nitrogen and oxygen atoms in total. The minimum absolute atomic E-state index is 0.446. The van der Waals surface area contributed by atoms with E-state index in [0.29, 0.717) is 19.3 Å². The zero-order valence-corrected chi connectivity index (χ0v) is 17.0. The lowest BCUT2D eigenvalue weighted by atomic mass is 9.92. The molecule has 0 atom stereocenters. The summed E-state index contributed by atoms with van der Waals surface area (Å²) in [6.45, 7) is 1.01. The first-order valence-corrected chi connectivity index (χ1v) is 10.4. The van der Waals surface area contributed by atoms with E-state index in [4.69, 9.17) is 9.72 Å². The van der Waals surface area contributed by atoms with Crippen molar-refractivity contribution in [2.75, 3.05) is 0 Å². The first-order valence-electron chi connectivity index (χ1n) is 9.56. The largest absolute Gasteiger partial charge is 0.369 e. The minimum Gasteiger partial charge on any atom is -0.369 e. The molecule has 1 fully saturated rings. The topological polar surface area (TPSA) is 51.2 Å². The quantitative estimate of drug-likeness (QED) is 0.355. The van der Waals surface area contributed by atoms with E-state index in [2.05, 4.69) is 32.6 Å². The Bertz CT molecular complexity index is 1150. The van der Waals surface area contributed by atoms with Crippen molar-refractivity contribution in [1.29, 1.82) is 0 Å². The molecule has 0 aliphatic heterocycles. The van der Waals surface area contributed by atoms with Crippen molar-refractivity contribution in [2.24, 2.45) is 0 Å². The normalized spacial score (nSPS) is 14.6. The number of pyridine rings is 1. The molecule has 2 aromatic carbocycles. The van der Waals surface area contributed by atoms with E-state index in [0.717, 1.165) is 55.4 Å². The average molecular weight is 439 g/mol. The van der Waals surface area contributed by atoms with Gasteiger partial charge in [0.25, 0.3) is 11.7 Å². The molecule has 0 saturated heterocycles. The van der Waals surface area contributed by atoms with Crippen LogP contribution in [0.2, 0.25) is 0 Å². The standard InChI is InChI=1S/C22H21BrN3O2/c23-16-9-10-18-20(11-16)25(27)12-19-22(18)26(17-7-4-8-17)21(24-19)14-28-13-15-5-2-1-3-6-15/h1-3,5-6,9-12,17,27H,4,7-8,13-14H2/q+1. The molecule has 0 unspecified atom stereocenters. The van der Waals surface area contributed by atoms with E-state index in [1.807, 2.05) is 36.4 Å². The van der Waals surface area contributed by atoms with Crippen LogP contribution in [0.25, 0.3) is 21.9 Å². The summed E-state index contributed by atoms with van der Waals surface area (Å²) in [6.07, 6.45) is 5.25. The van der Waals surface area contributed by atoms with Crippen molar-refractivity contribution in [1.82, 2.24) is 9.55 Å². The number of rotatable bonds is 5. The van der Waals surface area contributed by atoms with Gasteiger partial charge in [0.1, 0.15) is 12.4 Å². The van der Waals surface area contributed by atoms with Crippen LogP contribution >= 0.6 is 15.9 Å². The van der Waals surface area contributed by atoms with Gasteiger partial charge in [-0.1, -0.05) is 46.3 Å². The highest BCUT2D eigenvalue weighted by Crippen LogP contribution is 2.37. The van der Waals surface area contributed by atoms with Crippen molar-refractivity contribution in [3.63, 3.8) is 0 Å². The van der Waals surface area contributed by atoms with Crippen LogP contribution in [0.15, 0.2) is 59.2 Å². The van der Waals surface area contributed by atoms with Crippen LogP contribution in [-0.4, -0.2) is 14.8 Å². The van der Waals surface area contributed by atoms with Gasteiger partial charge in [0, 0.05) is 21.3 Å².